The molecule has 3 unspecified atom stereocenters. The summed E-state index contributed by atoms with van der Waals surface area (Å²) < 4.78 is 1.26. The van der Waals surface area contributed by atoms with Gasteiger partial charge in [0.05, 0.1) is 11.0 Å². The number of fused-ring (bicyclic) bond motifs is 3. The van der Waals surface area contributed by atoms with Gasteiger partial charge in [0.25, 0.3) is 5.69 Å². The molecule has 2 aliphatic rings. The first-order chi connectivity index (χ1) is 11.5. The van der Waals surface area contributed by atoms with E-state index >= 15 is 0 Å². The molecule has 24 heavy (non-hydrogen) atoms. The average molecular weight is 432 g/mol. The van der Waals surface area contributed by atoms with Crippen molar-refractivity contribution in [2.24, 2.45) is 5.92 Å². The van der Waals surface area contributed by atoms with Gasteiger partial charge in [0.2, 0.25) is 0 Å². The first-order valence-electron chi connectivity index (χ1n) is 8.02. The van der Waals surface area contributed by atoms with E-state index in [1.807, 2.05) is 12.1 Å². The van der Waals surface area contributed by atoms with Gasteiger partial charge < -0.3 is 5.32 Å². The summed E-state index contributed by atoms with van der Waals surface area (Å²) in [5, 5.41) is 14.6. The highest BCUT2D eigenvalue weighted by atomic mass is 127. The van der Waals surface area contributed by atoms with Crippen molar-refractivity contribution in [2.75, 3.05) is 5.32 Å². The van der Waals surface area contributed by atoms with Gasteiger partial charge in [-0.2, -0.15) is 0 Å². The highest BCUT2D eigenvalue weighted by Crippen LogP contribution is 2.51. The van der Waals surface area contributed by atoms with Gasteiger partial charge in [-0.05, 0) is 70.7 Å². The standard InChI is InChI=1S/C19H17IN2O2/c1-11-9-13(20)10-17-15-3-2-4-16(15)19(21-18(11)17)12-5-7-14(8-6-12)22(23)24/h2-3,5-10,15-16,19,21H,4H2,1H3. The molecule has 122 valence electrons. The van der Waals surface area contributed by atoms with Gasteiger partial charge in [-0.1, -0.05) is 24.3 Å². The number of aryl methyl sites for hydroxylation is 1. The molecule has 3 atom stereocenters. The zero-order valence-corrected chi connectivity index (χ0v) is 15.4. The van der Waals surface area contributed by atoms with E-state index in [9.17, 15) is 10.1 Å². The van der Waals surface area contributed by atoms with Crippen LogP contribution in [0.5, 0.6) is 0 Å². The summed E-state index contributed by atoms with van der Waals surface area (Å²) in [6, 6.07) is 11.6. The number of nitrogens with zero attached hydrogens (tertiary/aromatic N) is 1. The number of hydrogen-bond donors (Lipinski definition) is 1. The quantitative estimate of drug-likeness (QED) is 0.302. The second kappa shape index (κ2) is 5.88. The van der Waals surface area contributed by atoms with Gasteiger partial charge in [0.1, 0.15) is 0 Å². The third-order valence-electron chi connectivity index (χ3n) is 5.09. The molecule has 1 heterocycles. The Balaban J connectivity index is 1.76. The summed E-state index contributed by atoms with van der Waals surface area (Å²) >= 11 is 2.38. The van der Waals surface area contributed by atoms with Crippen LogP contribution in [-0.2, 0) is 0 Å². The van der Waals surface area contributed by atoms with E-state index in [-0.39, 0.29) is 16.7 Å². The van der Waals surface area contributed by atoms with Gasteiger partial charge in [-0.25, -0.2) is 0 Å². The number of halogens is 1. The molecule has 4 nitrogen and oxygen atoms in total. The van der Waals surface area contributed by atoms with Crippen LogP contribution in [0, 0.1) is 26.5 Å². The molecule has 1 aliphatic heterocycles. The number of allylic oxidation sites excluding steroid dienone is 2. The molecular formula is C19H17IN2O2. The van der Waals surface area contributed by atoms with Crippen LogP contribution in [0.1, 0.15) is 35.1 Å². The Morgan fingerprint density at radius 2 is 2.00 bits per heavy atom. The monoisotopic (exact) mass is 432 g/mol. The molecule has 0 radical (unpaired) electrons. The van der Waals surface area contributed by atoms with E-state index in [0.717, 1.165) is 12.0 Å². The van der Waals surface area contributed by atoms with Crippen LogP contribution >= 0.6 is 22.6 Å². The summed E-state index contributed by atoms with van der Waals surface area (Å²) in [6.45, 7) is 2.14. The maximum atomic E-state index is 10.9. The lowest BCUT2D eigenvalue weighted by atomic mass is 9.76. The van der Waals surface area contributed by atoms with Crippen LogP contribution in [0.15, 0.2) is 48.6 Å². The molecule has 4 rings (SSSR count). The van der Waals surface area contributed by atoms with Gasteiger partial charge in [-0.3, -0.25) is 10.1 Å². The van der Waals surface area contributed by atoms with Crippen LogP contribution in [0.3, 0.4) is 0 Å². The summed E-state index contributed by atoms with van der Waals surface area (Å²) in [4.78, 5) is 10.5. The van der Waals surface area contributed by atoms with Crippen LogP contribution in [0.4, 0.5) is 11.4 Å². The minimum absolute atomic E-state index is 0.141. The second-order valence-electron chi connectivity index (χ2n) is 6.51. The van der Waals surface area contributed by atoms with E-state index < -0.39 is 0 Å². The van der Waals surface area contributed by atoms with Gasteiger partial charge >= 0.3 is 0 Å². The molecule has 0 saturated heterocycles. The maximum Gasteiger partial charge on any atom is 0.269 e. The Morgan fingerprint density at radius 1 is 1.25 bits per heavy atom. The van der Waals surface area contributed by atoms with Crippen molar-refractivity contribution in [3.05, 3.63) is 78.9 Å². The number of rotatable bonds is 2. The highest BCUT2D eigenvalue weighted by Gasteiger charge is 2.38. The van der Waals surface area contributed by atoms with E-state index in [2.05, 4.69) is 59.1 Å². The van der Waals surface area contributed by atoms with Crippen molar-refractivity contribution >= 4 is 34.0 Å². The van der Waals surface area contributed by atoms with Crippen molar-refractivity contribution in [2.45, 2.75) is 25.3 Å². The Kier molecular flexibility index (Phi) is 3.83. The van der Waals surface area contributed by atoms with E-state index in [0.29, 0.717) is 11.8 Å². The smallest absolute Gasteiger partial charge is 0.269 e. The van der Waals surface area contributed by atoms with Crippen LogP contribution in [-0.4, -0.2) is 4.92 Å². The largest absolute Gasteiger partial charge is 0.377 e. The Labute approximate surface area is 154 Å². The number of benzene rings is 2. The number of nitro benzene ring substituents is 1. The normalized spacial score (nSPS) is 24.2. The lowest BCUT2D eigenvalue weighted by Crippen LogP contribution is -2.29. The van der Waals surface area contributed by atoms with Crippen molar-refractivity contribution in [3.63, 3.8) is 0 Å². The first-order valence-corrected chi connectivity index (χ1v) is 9.10. The fourth-order valence-electron chi connectivity index (χ4n) is 3.97. The lowest BCUT2D eigenvalue weighted by molar-refractivity contribution is -0.384. The highest BCUT2D eigenvalue weighted by molar-refractivity contribution is 14.1. The minimum atomic E-state index is -0.348. The van der Waals surface area contributed by atoms with E-state index in [1.165, 1.54) is 20.4 Å². The molecule has 0 spiro atoms. The van der Waals surface area contributed by atoms with Gasteiger partial charge in [0, 0.05) is 27.3 Å². The number of non-ortho nitro benzene ring substituents is 1. The van der Waals surface area contributed by atoms with Crippen molar-refractivity contribution in [1.82, 2.24) is 0 Å². The number of nitrogens with one attached hydrogen (secondary N) is 1. The van der Waals surface area contributed by atoms with Crippen molar-refractivity contribution in [3.8, 4) is 0 Å². The molecule has 5 heteroatoms. The fraction of sp³-hybridized carbons (Fsp3) is 0.263. The number of nitro groups is 1. The van der Waals surface area contributed by atoms with Crippen LogP contribution < -0.4 is 5.32 Å². The second-order valence-corrected chi connectivity index (χ2v) is 7.76. The Morgan fingerprint density at radius 3 is 2.71 bits per heavy atom. The number of hydrogen-bond acceptors (Lipinski definition) is 3. The summed E-state index contributed by atoms with van der Waals surface area (Å²) in [6.07, 6.45) is 5.61. The molecule has 0 aromatic heterocycles. The molecule has 1 aliphatic carbocycles. The maximum absolute atomic E-state index is 10.9. The zero-order chi connectivity index (χ0) is 16.8. The molecule has 1 N–H and O–H groups in total. The molecule has 2 aromatic rings. The molecule has 0 bridgehead atoms. The topological polar surface area (TPSA) is 55.2 Å². The molecule has 0 amide bonds. The Bertz CT molecular complexity index is 845. The summed E-state index contributed by atoms with van der Waals surface area (Å²) in [5.41, 5.74) is 5.09. The predicted molar refractivity (Wildman–Crippen MR) is 103 cm³/mol. The Hall–Kier alpha value is -1.89. The van der Waals surface area contributed by atoms with Gasteiger partial charge in [-0.15, -0.1) is 0 Å². The molecule has 2 aromatic carbocycles. The van der Waals surface area contributed by atoms with Gasteiger partial charge in [0.15, 0.2) is 0 Å². The molecular weight excluding hydrogens is 415 g/mol. The van der Waals surface area contributed by atoms with E-state index in [4.69, 9.17) is 0 Å². The third-order valence-corrected chi connectivity index (χ3v) is 5.72. The SMILES string of the molecule is Cc1cc(I)cc2c1NC(c1ccc([N+](=O)[O-])cc1)C1CC=CC21. The number of anilines is 1. The minimum Gasteiger partial charge on any atom is -0.377 e. The van der Waals surface area contributed by atoms with Crippen LogP contribution in [0.25, 0.3) is 0 Å². The fourth-order valence-corrected chi connectivity index (χ4v) is 4.78. The lowest BCUT2D eigenvalue weighted by Gasteiger charge is -2.38. The van der Waals surface area contributed by atoms with Crippen LogP contribution in [0.2, 0.25) is 0 Å². The molecule has 0 saturated carbocycles. The average Bonchev–Trinajstić information content (AvgIpc) is 3.04. The zero-order valence-electron chi connectivity index (χ0n) is 13.2. The summed E-state index contributed by atoms with van der Waals surface area (Å²) in [5.74, 6) is 0.867. The molecule has 0 fully saturated rings. The van der Waals surface area contributed by atoms with E-state index in [1.54, 1.807) is 12.1 Å². The van der Waals surface area contributed by atoms with Crippen molar-refractivity contribution < 1.29 is 4.92 Å². The first kappa shape index (κ1) is 15.6. The third kappa shape index (κ3) is 2.51. The predicted octanol–water partition coefficient (Wildman–Crippen LogP) is 5.33. The van der Waals surface area contributed by atoms with Crippen molar-refractivity contribution in [1.29, 1.82) is 0 Å². The summed E-state index contributed by atoms with van der Waals surface area (Å²) in [7, 11) is 0.